The maximum absolute atomic E-state index is 12.4. The lowest BCUT2D eigenvalue weighted by Gasteiger charge is -2.29. The average Bonchev–Trinajstić information content (AvgIpc) is 2.94. The normalized spacial score (nSPS) is 19.8. The van der Waals surface area contributed by atoms with Crippen LogP contribution >= 0.6 is 11.3 Å². The van der Waals surface area contributed by atoms with Crippen molar-refractivity contribution in [2.45, 2.75) is 58.6 Å². The van der Waals surface area contributed by atoms with Crippen molar-refractivity contribution in [3.63, 3.8) is 0 Å². The van der Waals surface area contributed by atoms with Gasteiger partial charge in [-0.05, 0) is 51.7 Å². The third-order valence-corrected chi connectivity index (χ3v) is 6.18. The highest BCUT2D eigenvalue weighted by atomic mass is 32.1. The number of allylic oxidation sites excluding steroid dienone is 3. The van der Waals surface area contributed by atoms with Gasteiger partial charge in [-0.15, -0.1) is 11.3 Å². The fourth-order valence-electron chi connectivity index (χ4n) is 3.65. The van der Waals surface area contributed by atoms with Crippen LogP contribution in [0.5, 0.6) is 0 Å². The molecule has 0 unspecified atom stereocenters. The highest BCUT2D eigenvalue weighted by molar-refractivity contribution is 7.13. The smallest absolute Gasteiger partial charge is 0.410 e. The summed E-state index contributed by atoms with van der Waals surface area (Å²) in [5.41, 5.74) is 2.63. The average molecular weight is 403 g/mol. The van der Waals surface area contributed by atoms with Gasteiger partial charge in [0.2, 0.25) is 5.91 Å². The van der Waals surface area contributed by atoms with Gasteiger partial charge in [-0.25, -0.2) is 4.79 Å². The highest BCUT2D eigenvalue weighted by Crippen LogP contribution is 2.39. The Kier molecular flexibility index (Phi) is 4.95. The first-order valence-electron chi connectivity index (χ1n) is 9.76. The zero-order valence-electron chi connectivity index (χ0n) is 16.6. The Bertz CT molecular complexity index is 875. The van der Waals surface area contributed by atoms with Crippen molar-refractivity contribution in [3.8, 4) is 0 Å². The molecule has 6 nitrogen and oxygen atoms in total. The number of hydrogen-bond donors (Lipinski definition) is 1. The SMILES string of the molecule is CC(C)(C)OC(=O)N1CCc2sc(C3=CCCC4=C3OCCC(=O)N4)cc2C1. The summed E-state index contributed by atoms with van der Waals surface area (Å²) in [5.74, 6) is 0.824. The Morgan fingerprint density at radius 3 is 2.89 bits per heavy atom. The van der Waals surface area contributed by atoms with Crippen LogP contribution in [0.4, 0.5) is 4.79 Å². The molecule has 3 aliphatic rings. The van der Waals surface area contributed by atoms with Crippen LogP contribution in [0.15, 0.2) is 23.6 Å². The number of carbonyl (C=O) groups excluding carboxylic acids is 2. The third kappa shape index (κ3) is 3.94. The summed E-state index contributed by atoms with van der Waals surface area (Å²) in [6, 6.07) is 2.16. The number of hydrogen-bond acceptors (Lipinski definition) is 5. The van der Waals surface area contributed by atoms with Gasteiger partial charge in [0.1, 0.15) is 11.4 Å². The van der Waals surface area contributed by atoms with Crippen LogP contribution in [0.1, 0.15) is 55.4 Å². The van der Waals surface area contributed by atoms with E-state index in [1.807, 2.05) is 20.8 Å². The molecule has 0 spiro atoms. The van der Waals surface area contributed by atoms with E-state index in [-0.39, 0.29) is 12.0 Å². The van der Waals surface area contributed by atoms with E-state index in [1.165, 1.54) is 10.4 Å². The van der Waals surface area contributed by atoms with E-state index in [2.05, 4.69) is 17.5 Å². The maximum atomic E-state index is 12.4. The van der Waals surface area contributed by atoms with Crippen molar-refractivity contribution in [2.24, 2.45) is 0 Å². The molecule has 0 radical (unpaired) electrons. The monoisotopic (exact) mass is 402 g/mol. The molecular weight excluding hydrogens is 376 g/mol. The fraction of sp³-hybridized carbons (Fsp3) is 0.524. The molecule has 0 saturated heterocycles. The van der Waals surface area contributed by atoms with E-state index in [0.717, 1.165) is 41.2 Å². The molecule has 1 aromatic rings. The van der Waals surface area contributed by atoms with Gasteiger partial charge in [-0.3, -0.25) is 4.79 Å². The lowest BCUT2D eigenvalue weighted by atomic mass is 9.99. The molecule has 0 saturated carbocycles. The minimum atomic E-state index is -0.492. The summed E-state index contributed by atoms with van der Waals surface area (Å²) in [4.78, 5) is 28.5. The summed E-state index contributed by atoms with van der Waals surface area (Å²) >= 11 is 1.76. The number of carbonyl (C=O) groups is 2. The molecule has 0 aromatic carbocycles. The van der Waals surface area contributed by atoms with E-state index in [1.54, 1.807) is 16.2 Å². The second-order valence-corrected chi connectivity index (χ2v) is 9.46. The Morgan fingerprint density at radius 2 is 2.11 bits per heavy atom. The summed E-state index contributed by atoms with van der Waals surface area (Å²) in [6.07, 6.45) is 4.82. The van der Waals surface area contributed by atoms with Gasteiger partial charge >= 0.3 is 6.09 Å². The van der Waals surface area contributed by atoms with Crippen LogP contribution in [0.25, 0.3) is 5.57 Å². The number of rotatable bonds is 1. The topological polar surface area (TPSA) is 67.9 Å². The zero-order valence-corrected chi connectivity index (χ0v) is 17.4. The van der Waals surface area contributed by atoms with E-state index in [9.17, 15) is 9.59 Å². The zero-order chi connectivity index (χ0) is 19.9. The van der Waals surface area contributed by atoms with Crippen LogP contribution in [0, 0.1) is 0 Å². The molecule has 4 rings (SSSR count). The van der Waals surface area contributed by atoms with Crippen LogP contribution in [-0.2, 0) is 27.2 Å². The molecule has 150 valence electrons. The van der Waals surface area contributed by atoms with Crippen LogP contribution in [0.3, 0.4) is 0 Å². The van der Waals surface area contributed by atoms with Crippen molar-refractivity contribution in [1.29, 1.82) is 0 Å². The molecule has 1 aliphatic carbocycles. The summed E-state index contributed by atoms with van der Waals surface area (Å²) in [5, 5.41) is 3.00. The second kappa shape index (κ2) is 7.28. The molecule has 0 fully saturated rings. The lowest BCUT2D eigenvalue weighted by Crippen LogP contribution is -2.39. The van der Waals surface area contributed by atoms with Gasteiger partial charge < -0.3 is 19.7 Å². The molecule has 1 N–H and O–H groups in total. The maximum Gasteiger partial charge on any atom is 0.410 e. The summed E-state index contributed by atoms with van der Waals surface area (Å²) < 4.78 is 11.5. The molecule has 7 heteroatoms. The van der Waals surface area contributed by atoms with Crippen molar-refractivity contribution in [1.82, 2.24) is 10.2 Å². The van der Waals surface area contributed by atoms with Crippen molar-refractivity contribution in [3.05, 3.63) is 38.9 Å². The van der Waals surface area contributed by atoms with Crippen LogP contribution in [-0.4, -0.2) is 35.7 Å². The molecule has 2 aliphatic heterocycles. The number of nitrogens with zero attached hydrogens (tertiary/aromatic N) is 1. The molecule has 2 amide bonds. The Labute approximate surface area is 169 Å². The Morgan fingerprint density at radius 1 is 1.29 bits per heavy atom. The predicted molar refractivity (Wildman–Crippen MR) is 108 cm³/mol. The molecule has 1 aromatic heterocycles. The van der Waals surface area contributed by atoms with Gasteiger partial charge in [0.05, 0.1) is 25.3 Å². The van der Waals surface area contributed by atoms with Gasteiger partial charge in [-0.1, -0.05) is 6.08 Å². The van der Waals surface area contributed by atoms with Crippen LogP contribution < -0.4 is 5.32 Å². The minimum absolute atomic E-state index is 0.0183. The van der Waals surface area contributed by atoms with E-state index in [4.69, 9.17) is 9.47 Å². The van der Waals surface area contributed by atoms with E-state index >= 15 is 0 Å². The number of thiophene rings is 1. The number of fused-ring (bicyclic) bond motifs is 1. The number of nitrogens with one attached hydrogen (secondary N) is 1. The van der Waals surface area contributed by atoms with Crippen molar-refractivity contribution >= 4 is 28.9 Å². The second-order valence-electron chi connectivity index (χ2n) is 8.32. The molecule has 3 heterocycles. The standard InChI is InChI=1S/C21H26N2O4S/c1-21(2,3)27-20(25)23-9-7-16-13(12-23)11-17(28-16)14-5-4-6-15-19(14)26-10-8-18(24)22-15/h5,11H,4,6-10,12H2,1-3H3,(H,22,24). The van der Waals surface area contributed by atoms with Gasteiger partial charge in [0.15, 0.2) is 0 Å². The molecule has 28 heavy (non-hydrogen) atoms. The predicted octanol–water partition coefficient (Wildman–Crippen LogP) is 3.97. The van der Waals surface area contributed by atoms with Gasteiger partial charge in [0.25, 0.3) is 0 Å². The Balaban J connectivity index is 1.55. The lowest BCUT2D eigenvalue weighted by molar-refractivity contribution is -0.120. The van der Waals surface area contributed by atoms with E-state index in [0.29, 0.717) is 26.1 Å². The molecule has 0 bridgehead atoms. The quantitative estimate of drug-likeness (QED) is 0.772. The first-order valence-corrected chi connectivity index (χ1v) is 10.6. The van der Waals surface area contributed by atoms with Crippen molar-refractivity contribution < 1.29 is 19.1 Å². The summed E-state index contributed by atoms with van der Waals surface area (Å²) in [6.45, 7) is 7.29. The largest absolute Gasteiger partial charge is 0.491 e. The highest BCUT2D eigenvalue weighted by Gasteiger charge is 2.29. The molecular formula is C21H26N2O4S. The number of amides is 2. The fourth-order valence-corrected chi connectivity index (χ4v) is 4.85. The third-order valence-electron chi connectivity index (χ3n) is 4.91. The van der Waals surface area contributed by atoms with Crippen molar-refractivity contribution in [2.75, 3.05) is 13.2 Å². The number of ether oxygens (including phenoxy) is 2. The first kappa shape index (κ1) is 19.1. The van der Waals surface area contributed by atoms with Crippen LogP contribution in [0.2, 0.25) is 0 Å². The van der Waals surface area contributed by atoms with E-state index < -0.39 is 5.60 Å². The minimum Gasteiger partial charge on any atom is -0.491 e. The Hall–Kier alpha value is -2.28. The molecule has 0 atom stereocenters. The van der Waals surface area contributed by atoms with Gasteiger partial charge in [0, 0.05) is 21.9 Å². The first-order chi connectivity index (χ1) is 13.3. The van der Waals surface area contributed by atoms with Gasteiger partial charge in [-0.2, -0.15) is 0 Å². The summed E-state index contributed by atoms with van der Waals surface area (Å²) in [7, 11) is 0.